The minimum absolute atomic E-state index is 0.173. The number of amides is 1. The van der Waals surface area contributed by atoms with Crippen LogP contribution < -0.4 is 5.32 Å². The molecule has 5 rings (SSSR count). The van der Waals surface area contributed by atoms with Gasteiger partial charge in [-0.1, -0.05) is 65.1 Å². The number of amidine groups is 1. The lowest BCUT2D eigenvalue weighted by Gasteiger charge is -2.10. The molecule has 1 aliphatic heterocycles. The van der Waals surface area contributed by atoms with E-state index in [1.165, 1.54) is 11.8 Å². The molecule has 0 unspecified atom stereocenters. The highest BCUT2D eigenvalue weighted by atomic mass is 35.5. The highest BCUT2D eigenvalue weighted by Crippen LogP contribution is 2.34. The van der Waals surface area contributed by atoms with E-state index in [0.717, 1.165) is 33.3 Å². The van der Waals surface area contributed by atoms with E-state index in [9.17, 15) is 4.79 Å². The van der Waals surface area contributed by atoms with Gasteiger partial charge in [0, 0.05) is 33.7 Å². The molecule has 0 atom stereocenters. The first-order valence-corrected chi connectivity index (χ1v) is 12.8. The second-order valence-corrected chi connectivity index (χ2v) is 10.5. The summed E-state index contributed by atoms with van der Waals surface area (Å²) in [4.78, 5) is 17.9. The quantitative estimate of drug-likeness (QED) is 0.265. The van der Waals surface area contributed by atoms with Gasteiger partial charge in [-0.25, -0.2) is 4.99 Å². The lowest BCUT2D eigenvalue weighted by atomic mass is 10.1. The van der Waals surface area contributed by atoms with Gasteiger partial charge in [0.1, 0.15) is 0 Å². The number of fused-ring (bicyclic) bond motifs is 1. The second-order valence-electron chi connectivity index (χ2n) is 8.27. The van der Waals surface area contributed by atoms with E-state index >= 15 is 0 Å². The molecule has 1 N–H and O–H groups in total. The van der Waals surface area contributed by atoms with E-state index in [1.54, 1.807) is 6.07 Å². The van der Waals surface area contributed by atoms with E-state index in [-0.39, 0.29) is 5.91 Å². The third kappa shape index (κ3) is 4.87. The van der Waals surface area contributed by atoms with Crippen LogP contribution in [0.15, 0.2) is 70.6 Å². The highest BCUT2D eigenvalue weighted by molar-refractivity contribution is 8.18. The zero-order chi connectivity index (χ0) is 24.7. The molecule has 0 aliphatic carbocycles. The maximum absolute atomic E-state index is 12.8. The first-order chi connectivity index (χ1) is 16.8. The fourth-order valence-corrected chi connectivity index (χ4v) is 5.36. The minimum atomic E-state index is -0.173. The molecule has 4 nitrogen and oxygen atoms in total. The smallest absolute Gasteiger partial charge is 0.264 e. The van der Waals surface area contributed by atoms with E-state index in [2.05, 4.69) is 33.9 Å². The molecule has 1 aromatic heterocycles. The zero-order valence-corrected chi connectivity index (χ0v) is 22.0. The fourth-order valence-electron chi connectivity index (χ4n) is 4.04. The van der Waals surface area contributed by atoms with Gasteiger partial charge in [-0.15, -0.1) is 0 Å². The number of para-hydroxylation sites is 1. The van der Waals surface area contributed by atoms with Gasteiger partial charge in [-0.2, -0.15) is 0 Å². The predicted octanol–water partition coefficient (Wildman–Crippen LogP) is 8.16. The molecule has 1 amide bonds. The maximum atomic E-state index is 12.8. The molecule has 4 aromatic rings. The Hall–Kier alpha value is -2.70. The van der Waals surface area contributed by atoms with Crippen LogP contribution in [0.1, 0.15) is 22.4 Å². The van der Waals surface area contributed by atoms with Gasteiger partial charge in [-0.3, -0.25) is 4.79 Å². The number of aryl methyl sites for hydroxylation is 1. The van der Waals surface area contributed by atoms with Crippen LogP contribution in [0.25, 0.3) is 17.0 Å². The molecule has 0 saturated carbocycles. The number of halogens is 3. The van der Waals surface area contributed by atoms with Gasteiger partial charge in [0.2, 0.25) is 0 Å². The van der Waals surface area contributed by atoms with E-state index in [1.807, 2.05) is 55.5 Å². The number of rotatable bonds is 4. The molecule has 0 spiro atoms. The molecular weight excluding hydrogens is 521 g/mol. The summed E-state index contributed by atoms with van der Waals surface area (Å²) in [7, 11) is 0. The van der Waals surface area contributed by atoms with Crippen LogP contribution in [-0.2, 0) is 11.3 Å². The average molecular weight is 541 g/mol. The minimum Gasteiger partial charge on any atom is -0.340 e. The third-order valence-electron chi connectivity index (χ3n) is 5.92. The van der Waals surface area contributed by atoms with Gasteiger partial charge in [0.05, 0.1) is 20.6 Å². The van der Waals surface area contributed by atoms with Crippen molar-refractivity contribution in [1.29, 1.82) is 0 Å². The number of benzene rings is 3. The second kappa shape index (κ2) is 9.75. The van der Waals surface area contributed by atoms with Crippen LogP contribution in [0.4, 0.5) is 5.69 Å². The van der Waals surface area contributed by atoms with E-state index < -0.39 is 0 Å². The van der Waals surface area contributed by atoms with E-state index in [0.29, 0.717) is 37.4 Å². The summed E-state index contributed by atoms with van der Waals surface area (Å²) in [5, 5.41) is 6.16. The van der Waals surface area contributed by atoms with Crippen molar-refractivity contribution in [1.82, 2.24) is 9.88 Å². The third-order valence-corrected chi connectivity index (χ3v) is 7.97. The van der Waals surface area contributed by atoms with Crippen LogP contribution in [0.5, 0.6) is 0 Å². The van der Waals surface area contributed by atoms with Crippen molar-refractivity contribution in [2.45, 2.75) is 20.4 Å². The number of aromatic nitrogens is 1. The Morgan fingerprint density at radius 1 is 0.971 bits per heavy atom. The number of carbonyl (C=O) groups excluding carboxylic acids is 1. The number of carbonyl (C=O) groups is 1. The van der Waals surface area contributed by atoms with Crippen LogP contribution in [0.3, 0.4) is 0 Å². The predicted molar refractivity (Wildman–Crippen MR) is 149 cm³/mol. The topological polar surface area (TPSA) is 46.4 Å². The lowest BCUT2D eigenvalue weighted by molar-refractivity contribution is -0.115. The molecule has 0 radical (unpaired) electrons. The van der Waals surface area contributed by atoms with Crippen molar-refractivity contribution in [2.75, 3.05) is 0 Å². The number of hydrogen-bond acceptors (Lipinski definition) is 3. The number of thioether (sulfide) groups is 1. The molecule has 1 fully saturated rings. The van der Waals surface area contributed by atoms with Crippen LogP contribution in [0, 0.1) is 13.8 Å². The summed E-state index contributed by atoms with van der Waals surface area (Å²) in [5.74, 6) is -0.173. The van der Waals surface area contributed by atoms with Gasteiger partial charge < -0.3 is 9.88 Å². The average Bonchev–Trinajstić information content (AvgIpc) is 3.30. The molecule has 3 aromatic carbocycles. The molecule has 1 aliphatic rings. The Bertz CT molecular complexity index is 1560. The molecule has 8 heteroatoms. The molecule has 35 heavy (non-hydrogen) atoms. The summed E-state index contributed by atoms with van der Waals surface area (Å²) in [6.45, 7) is 4.63. The van der Waals surface area contributed by atoms with Crippen molar-refractivity contribution < 1.29 is 4.79 Å². The number of nitrogens with one attached hydrogen (secondary N) is 1. The van der Waals surface area contributed by atoms with Gasteiger partial charge >= 0.3 is 0 Å². The van der Waals surface area contributed by atoms with Gasteiger partial charge in [0.25, 0.3) is 5.91 Å². The number of aliphatic imine (C=N–C) groups is 1. The Balaban J connectivity index is 1.51. The molecule has 0 bridgehead atoms. The van der Waals surface area contributed by atoms with Crippen LogP contribution in [0.2, 0.25) is 15.1 Å². The van der Waals surface area contributed by atoms with Crippen LogP contribution in [-0.4, -0.2) is 15.6 Å². The summed E-state index contributed by atoms with van der Waals surface area (Å²) in [6.07, 6.45) is 1.94. The first kappa shape index (κ1) is 24.0. The van der Waals surface area contributed by atoms with Gasteiger partial charge in [-0.05, 0) is 73.1 Å². The SMILES string of the molecule is Cc1ccc(N=C2NC(=O)/C(=C/c3c(C)n(Cc4ccc(Cl)c(Cl)c4)c4ccccc34)S2)cc1Cl. The highest BCUT2D eigenvalue weighted by Gasteiger charge is 2.25. The Kier molecular flexibility index (Phi) is 6.69. The molecule has 2 heterocycles. The fraction of sp³-hybridized carbons (Fsp3) is 0.111. The molecule has 176 valence electrons. The Morgan fingerprint density at radius 3 is 2.54 bits per heavy atom. The van der Waals surface area contributed by atoms with Crippen molar-refractivity contribution in [3.05, 3.63) is 103 Å². The van der Waals surface area contributed by atoms with Gasteiger partial charge in [0.15, 0.2) is 5.17 Å². The number of hydrogen-bond donors (Lipinski definition) is 1. The van der Waals surface area contributed by atoms with Crippen LogP contribution >= 0.6 is 46.6 Å². The normalized spacial score (nSPS) is 16.0. The summed E-state index contributed by atoms with van der Waals surface area (Å²) in [6, 6.07) is 19.4. The van der Waals surface area contributed by atoms with Crippen molar-refractivity contribution in [3.63, 3.8) is 0 Å². The first-order valence-electron chi connectivity index (χ1n) is 10.9. The summed E-state index contributed by atoms with van der Waals surface area (Å²) < 4.78 is 2.22. The molecular formula is C27H20Cl3N3OS. The summed E-state index contributed by atoms with van der Waals surface area (Å²) >= 11 is 19.9. The molecule has 1 saturated heterocycles. The Morgan fingerprint density at radius 2 is 1.77 bits per heavy atom. The van der Waals surface area contributed by atoms with Crippen molar-refractivity contribution >= 4 is 80.3 Å². The monoisotopic (exact) mass is 539 g/mol. The number of nitrogens with zero attached hydrogens (tertiary/aromatic N) is 2. The maximum Gasteiger partial charge on any atom is 0.264 e. The summed E-state index contributed by atoms with van der Waals surface area (Å²) in [5.41, 5.74) is 5.84. The standard InChI is InChI=1S/C27H20Cl3N3OS/c1-15-7-9-18(12-22(15)29)31-27-32-26(34)25(35-27)13-20-16(2)33(24-6-4-3-5-19(20)24)14-17-8-10-21(28)23(30)11-17/h3-13H,14H2,1-2H3,(H,31,32,34)/b25-13-. The largest absolute Gasteiger partial charge is 0.340 e. The van der Waals surface area contributed by atoms with Crippen molar-refractivity contribution in [2.24, 2.45) is 4.99 Å². The zero-order valence-electron chi connectivity index (χ0n) is 18.9. The van der Waals surface area contributed by atoms with Crippen molar-refractivity contribution in [3.8, 4) is 0 Å². The Labute approximate surface area is 222 Å². The van der Waals surface area contributed by atoms with E-state index in [4.69, 9.17) is 34.8 Å². The lowest BCUT2D eigenvalue weighted by Crippen LogP contribution is -2.19.